The summed E-state index contributed by atoms with van der Waals surface area (Å²) in [5.74, 6) is -2.98. The van der Waals surface area contributed by atoms with Gasteiger partial charge in [-0.05, 0) is 58.8 Å². The van der Waals surface area contributed by atoms with Crippen LogP contribution in [-0.2, 0) is 4.74 Å². The SMILES string of the molecule is [N-]=[N+]=NCOc1ccc(-c2ccc(-c3ccc(C=C4CCCOC4)cc3F)cc2)c(F)c1F. The molecule has 3 aromatic carbocycles. The van der Waals surface area contributed by atoms with Gasteiger partial charge in [0.2, 0.25) is 5.82 Å². The number of azide groups is 1. The summed E-state index contributed by atoms with van der Waals surface area (Å²) in [6.45, 7) is 0.881. The lowest BCUT2D eigenvalue weighted by Gasteiger charge is -2.14. The molecular formula is C25H20F3N3O2. The van der Waals surface area contributed by atoms with Crippen LogP contribution in [0.1, 0.15) is 18.4 Å². The van der Waals surface area contributed by atoms with E-state index in [1.807, 2.05) is 12.1 Å². The molecular weight excluding hydrogens is 431 g/mol. The minimum absolute atomic E-state index is 0.0346. The van der Waals surface area contributed by atoms with Gasteiger partial charge in [-0.2, -0.15) is 4.39 Å². The van der Waals surface area contributed by atoms with Crippen LogP contribution in [0.25, 0.3) is 38.8 Å². The van der Waals surface area contributed by atoms with E-state index in [0.29, 0.717) is 23.3 Å². The zero-order chi connectivity index (χ0) is 23.2. The van der Waals surface area contributed by atoms with Crippen LogP contribution in [0.4, 0.5) is 13.2 Å². The van der Waals surface area contributed by atoms with Crippen molar-refractivity contribution >= 4 is 6.08 Å². The summed E-state index contributed by atoms with van der Waals surface area (Å²) >= 11 is 0. The lowest BCUT2D eigenvalue weighted by Crippen LogP contribution is -2.07. The molecule has 0 atom stereocenters. The summed E-state index contributed by atoms with van der Waals surface area (Å²) in [6, 6.07) is 14.2. The van der Waals surface area contributed by atoms with Crippen LogP contribution in [0.2, 0.25) is 0 Å². The molecule has 5 nitrogen and oxygen atoms in total. The quantitative estimate of drug-likeness (QED) is 0.225. The van der Waals surface area contributed by atoms with Gasteiger partial charge in [-0.15, -0.1) is 0 Å². The van der Waals surface area contributed by atoms with Gasteiger partial charge in [-0.3, -0.25) is 0 Å². The highest BCUT2D eigenvalue weighted by molar-refractivity contribution is 5.72. The van der Waals surface area contributed by atoms with Crippen molar-refractivity contribution in [1.29, 1.82) is 0 Å². The maximum absolute atomic E-state index is 14.8. The monoisotopic (exact) mass is 451 g/mol. The van der Waals surface area contributed by atoms with E-state index in [1.54, 1.807) is 30.3 Å². The number of nitrogens with zero attached hydrogens (tertiary/aromatic N) is 3. The van der Waals surface area contributed by atoms with Crippen LogP contribution in [-0.4, -0.2) is 19.9 Å². The normalized spacial score (nSPS) is 14.7. The molecule has 1 heterocycles. The van der Waals surface area contributed by atoms with Gasteiger partial charge in [-0.1, -0.05) is 47.6 Å². The van der Waals surface area contributed by atoms with Crippen molar-refractivity contribution in [2.45, 2.75) is 12.8 Å². The fourth-order valence-electron chi connectivity index (χ4n) is 3.70. The lowest BCUT2D eigenvalue weighted by atomic mass is 9.98. The molecule has 3 aromatic rings. The molecule has 0 radical (unpaired) electrons. The van der Waals surface area contributed by atoms with Crippen LogP contribution in [0.3, 0.4) is 0 Å². The van der Waals surface area contributed by atoms with Crippen molar-refractivity contribution in [3.63, 3.8) is 0 Å². The molecule has 4 rings (SSSR count). The number of halogens is 3. The molecule has 1 saturated heterocycles. The predicted molar refractivity (Wildman–Crippen MR) is 120 cm³/mol. The molecule has 0 bridgehead atoms. The van der Waals surface area contributed by atoms with E-state index in [9.17, 15) is 13.2 Å². The van der Waals surface area contributed by atoms with Crippen LogP contribution < -0.4 is 4.74 Å². The minimum atomic E-state index is -1.18. The van der Waals surface area contributed by atoms with Crippen molar-refractivity contribution < 1.29 is 22.6 Å². The fourth-order valence-corrected chi connectivity index (χ4v) is 3.70. The first-order valence-electron chi connectivity index (χ1n) is 10.4. The maximum Gasteiger partial charge on any atom is 0.201 e. The number of hydrogen-bond acceptors (Lipinski definition) is 3. The Morgan fingerprint density at radius 2 is 1.70 bits per heavy atom. The Kier molecular flexibility index (Phi) is 6.98. The van der Waals surface area contributed by atoms with Gasteiger partial charge in [0.15, 0.2) is 18.3 Å². The molecule has 8 heteroatoms. The first kappa shape index (κ1) is 22.5. The minimum Gasteiger partial charge on any atom is -0.484 e. The van der Waals surface area contributed by atoms with E-state index in [2.05, 4.69) is 10.0 Å². The van der Waals surface area contributed by atoms with E-state index in [-0.39, 0.29) is 17.1 Å². The van der Waals surface area contributed by atoms with E-state index in [4.69, 9.17) is 15.0 Å². The van der Waals surface area contributed by atoms with E-state index < -0.39 is 18.4 Å². The Hall–Kier alpha value is -3.74. The van der Waals surface area contributed by atoms with Crippen molar-refractivity contribution in [3.05, 3.63) is 93.6 Å². The van der Waals surface area contributed by atoms with Gasteiger partial charge >= 0.3 is 0 Å². The smallest absolute Gasteiger partial charge is 0.201 e. The molecule has 0 unspecified atom stereocenters. The van der Waals surface area contributed by atoms with Crippen molar-refractivity contribution in [2.24, 2.45) is 5.11 Å². The predicted octanol–water partition coefficient (Wildman–Crippen LogP) is 7.28. The molecule has 1 aliphatic rings. The maximum atomic E-state index is 14.8. The summed E-state index contributed by atoms with van der Waals surface area (Å²) in [7, 11) is 0. The highest BCUT2D eigenvalue weighted by Gasteiger charge is 2.16. The van der Waals surface area contributed by atoms with Crippen molar-refractivity contribution in [2.75, 3.05) is 19.9 Å². The van der Waals surface area contributed by atoms with Gasteiger partial charge in [0.1, 0.15) is 5.82 Å². The Morgan fingerprint density at radius 1 is 0.970 bits per heavy atom. The zero-order valence-electron chi connectivity index (χ0n) is 17.6. The van der Waals surface area contributed by atoms with Gasteiger partial charge in [0.25, 0.3) is 0 Å². The standard InChI is InChI=1S/C25H20F3N3O2/c26-22-13-16(12-17-2-1-11-32-14-17)3-8-20(22)18-4-6-19(7-5-18)21-9-10-23(25(28)24(21)27)33-15-30-31-29/h3-10,12-13H,1-2,11,14-15H2. The number of rotatable bonds is 6. The van der Waals surface area contributed by atoms with E-state index in [1.165, 1.54) is 18.2 Å². The second-order valence-electron chi connectivity index (χ2n) is 7.52. The van der Waals surface area contributed by atoms with Crippen LogP contribution in [0, 0.1) is 17.5 Å². The van der Waals surface area contributed by atoms with Crippen molar-refractivity contribution in [1.82, 2.24) is 0 Å². The summed E-state index contributed by atoms with van der Waals surface area (Å²) in [4.78, 5) is 2.49. The topological polar surface area (TPSA) is 67.2 Å². The molecule has 0 spiro atoms. The third-order valence-corrected chi connectivity index (χ3v) is 5.33. The Morgan fingerprint density at radius 3 is 2.36 bits per heavy atom. The highest BCUT2D eigenvalue weighted by atomic mass is 19.2. The van der Waals surface area contributed by atoms with E-state index >= 15 is 0 Å². The third-order valence-electron chi connectivity index (χ3n) is 5.33. The fraction of sp³-hybridized carbons (Fsp3) is 0.200. The molecule has 168 valence electrons. The van der Waals surface area contributed by atoms with Gasteiger partial charge < -0.3 is 9.47 Å². The molecule has 0 N–H and O–H groups in total. The Balaban J connectivity index is 1.55. The van der Waals surface area contributed by atoms with Crippen LogP contribution in [0.5, 0.6) is 5.75 Å². The average Bonchev–Trinajstić information content (AvgIpc) is 2.83. The second kappa shape index (κ2) is 10.3. The average molecular weight is 451 g/mol. The number of benzene rings is 3. The second-order valence-corrected chi connectivity index (χ2v) is 7.52. The Bertz CT molecular complexity index is 1230. The largest absolute Gasteiger partial charge is 0.484 e. The summed E-state index contributed by atoms with van der Waals surface area (Å²) in [5.41, 5.74) is 11.6. The Labute approximate surface area is 188 Å². The summed E-state index contributed by atoms with van der Waals surface area (Å²) in [6.07, 6.45) is 3.87. The van der Waals surface area contributed by atoms with Crippen LogP contribution >= 0.6 is 0 Å². The first-order valence-corrected chi connectivity index (χ1v) is 10.4. The summed E-state index contributed by atoms with van der Waals surface area (Å²) < 4.78 is 54.0. The number of hydrogen-bond donors (Lipinski definition) is 0. The third kappa shape index (κ3) is 5.19. The molecule has 0 saturated carbocycles. The van der Waals surface area contributed by atoms with Crippen LogP contribution in [0.15, 0.2) is 65.3 Å². The molecule has 0 aromatic heterocycles. The molecule has 33 heavy (non-hydrogen) atoms. The summed E-state index contributed by atoms with van der Waals surface area (Å²) in [5, 5.41) is 3.13. The zero-order valence-corrected chi connectivity index (χ0v) is 17.6. The molecule has 0 amide bonds. The van der Waals surface area contributed by atoms with Gasteiger partial charge in [0, 0.05) is 22.6 Å². The molecule has 0 aliphatic carbocycles. The van der Waals surface area contributed by atoms with Gasteiger partial charge in [-0.25, -0.2) is 8.78 Å². The van der Waals surface area contributed by atoms with Crippen molar-refractivity contribution in [3.8, 4) is 28.0 Å². The van der Waals surface area contributed by atoms with E-state index in [0.717, 1.165) is 30.6 Å². The molecule has 1 aliphatic heterocycles. The highest BCUT2D eigenvalue weighted by Crippen LogP contribution is 2.32. The molecule has 1 fully saturated rings. The lowest BCUT2D eigenvalue weighted by molar-refractivity contribution is 0.131. The first-order chi connectivity index (χ1) is 16.1. The number of ether oxygens (including phenoxy) is 2. The van der Waals surface area contributed by atoms with Gasteiger partial charge in [0.05, 0.1) is 6.61 Å².